The molecule has 0 aliphatic carbocycles. The maximum atomic E-state index is 13.9. The van der Waals surface area contributed by atoms with Crippen molar-refractivity contribution >= 4 is 5.78 Å². The first-order valence-electron chi connectivity index (χ1n) is 13.7. The minimum Gasteiger partial charge on any atom is -0.497 e. The van der Waals surface area contributed by atoms with E-state index in [0.717, 1.165) is 22.6 Å². The van der Waals surface area contributed by atoms with Crippen molar-refractivity contribution in [3.05, 3.63) is 141 Å². The van der Waals surface area contributed by atoms with Crippen molar-refractivity contribution in [2.75, 3.05) is 14.2 Å². The lowest BCUT2D eigenvalue weighted by molar-refractivity contribution is 0.102. The molecule has 8 nitrogen and oxygen atoms in total. The van der Waals surface area contributed by atoms with Gasteiger partial charge in [-0.1, -0.05) is 24.3 Å². The van der Waals surface area contributed by atoms with Crippen LogP contribution < -0.4 is 15.0 Å². The minimum atomic E-state index is -0.470. The molecule has 0 spiro atoms. The molecular formula is C34H32FN3O5. The minimum absolute atomic E-state index is 0.00668. The third-order valence-electron chi connectivity index (χ3n) is 7.24. The van der Waals surface area contributed by atoms with Crippen LogP contribution in [0.5, 0.6) is 11.5 Å². The van der Waals surface area contributed by atoms with Gasteiger partial charge in [-0.3, -0.25) is 9.59 Å². The molecule has 220 valence electrons. The second kappa shape index (κ2) is 12.9. The fraction of sp³-hybridized carbons (Fsp3) is 0.206. The van der Waals surface area contributed by atoms with E-state index in [1.165, 1.54) is 23.8 Å². The molecule has 2 heterocycles. The summed E-state index contributed by atoms with van der Waals surface area (Å²) in [5, 5.41) is 0. The number of hydrogen-bond donors (Lipinski definition) is 0. The van der Waals surface area contributed by atoms with E-state index < -0.39 is 17.4 Å². The summed E-state index contributed by atoms with van der Waals surface area (Å²) >= 11 is 0. The number of ketones is 1. The molecule has 0 N–H and O–H groups in total. The first-order valence-corrected chi connectivity index (χ1v) is 13.7. The van der Waals surface area contributed by atoms with Crippen LogP contribution in [0.1, 0.15) is 51.3 Å². The lowest BCUT2D eigenvalue weighted by atomic mass is 10.0. The molecule has 0 unspecified atom stereocenters. The predicted molar refractivity (Wildman–Crippen MR) is 161 cm³/mol. The molecule has 0 aliphatic heterocycles. The van der Waals surface area contributed by atoms with Crippen molar-refractivity contribution in [1.29, 1.82) is 0 Å². The Bertz CT molecular complexity index is 1790. The first-order chi connectivity index (χ1) is 20.8. The smallest absolute Gasteiger partial charge is 0.262 e. The SMILES string of the molecule is COc1ccc(COCc2cc(C(=O)c3ccc(-n4cnc(C)c4)c(OC)c3)c(=O)n([C@@H](C)c3ccc(F)cc3)c2)cc1. The molecule has 3 aromatic carbocycles. The summed E-state index contributed by atoms with van der Waals surface area (Å²) in [5.74, 6) is 0.387. The van der Waals surface area contributed by atoms with E-state index in [1.54, 1.807) is 60.6 Å². The van der Waals surface area contributed by atoms with Crippen LogP contribution in [0.2, 0.25) is 0 Å². The Hall–Kier alpha value is -5.02. The Balaban J connectivity index is 1.49. The van der Waals surface area contributed by atoms with E-state index in [9.17, 15) is 14.0 Å². The maximum Gasteiger partial charge on any atom is 0.262 e. The summed E-state index contributed by atoms with van der Waals surface area (Å²) in [6, 6.07) is 19.6. The molecule has 0 saturated carbocycles. The van der Waals surface area contributed by atoms with Gasteiger partial charge in [0.1, 0.15) is 17.3 Å². The van der Waals surface area contributed by atoms with Crippen LogP contribution in [0, 0.1) is 12.7 Å². The molecule has 5 aromatic rings. The molecule has 5 rings (SSSR count). The van der Waals surface area contributed by atoms with Gasteiger partial charge in [0, 0.05) is 18.0 Å². The van der Waals surface area contributed by atoms with Crippen molar-refractivity contribution in [2.45, 2.75) is 33.1 Å². The van der Waals surface area contributed by atoms with E-state index in [0.29, 0.717) is 29.2 Å². The summed E-state index contributed by atoms with van der Waals surface area (Å²) in [7, 11) is 3.13. The highest BCUT2D eigenvalue weighted by atomic mass is 19.1. The van der Waals surface area contributed by atoms with E-state index in [1.807, 2.05) is 44.3 Å². The van der Waals surface area contributed by atoms with E-state index in [4.69, 9.17) is 14.2 Å². The number of carbonyl (C=O) groups is 1. The topological polar surface area (TPSA) is 84.6 Å². The zero-order valence-electron chi connectivity index (χ0n) is 24.4. The Morgan fingerprint density at radius 3 is 2.28 bits per heavy atom. The number of ether oxygens (including phenoxy) is 3. The van der Waals surface area contributed by atoms with Crippen LogP contribution in [0.15, 0.2) is 96.3 Å². The molecule has 43 heavy (non-hydrogen) atoms. The highest BCUT2D eigenvalue weighted by Gasteiger charge is 2.21. The van der Waals surface area contributed by atoms with Crippen LogP contribution in [-0.4, -0.2) is 34.1 Å². The number of pyridine rings is 1. The van der Waals surface area contributed by atoms with Gasteiger partial charge in [0.25, 0.3) is 5.56 Å². The van der Waals surface area contributed by atoms with Gasteiger partial charge < -0.3 is 23.3 Å². The molecule has 9 heteroatoms. The van der Waals surface area contributed by atoms with Gasteiger partial charge in [0.15, 0.2) is 5.78 Å². The molecule has 0 saturated heterocycles. The van der Waals surface area contributed by atoms with Gasteiger partial charge in [-0.2, -0.15) is 0 Å². The third-order valence-corrected chi connectivity index (χ3v) is 7.24. The molecule has 1 atom stereocenters. The van der Waals surface area contributed by atoms with Gasteiger partial charge in [0.05, 0.1) is 56.7 Å². The molecule has 2 aromatic heterocycles. The molecule has 0 bridgehead atoms. The van der Waals surface area contributed by atoms with Crippen molar-refractivity contribution in [1.82, 2.24) is 14.1 Å². The van der Waals surface area contributed by atoms with Gasteiger partial charge in [0.2, 0.25) is 0 Å². The average molecular weight is 582 g/mol. The number of benzene rings is 3. The normalized spacial score (nSPS) is 11.7. The number of imidazole rings is 1. The monoisotopic (exact) mass is 581 g/mol. The lowest BCUT2D eigenvalue weighted by Gasteiger charge is -2.19. The average Bonchev–Trinajstić information content (AvgIpc) is 3.47. The Labute approximate surface area is 248 Å². The quantitative estimate of drug-likeness (QED) is 0.177. The van der Waals surface area contributed by atoms with Crippen molar-refractivity contribution < 1.29 is 23.4 Å². The fourth-order valence-corrected chi connectivity index (χ4v) is 4.84. The largest absolute Gasteiger partial charge is 0.497 e. The van der Waals surface area contributed by atoms with E-state index in [2.05, 4.69) is 4.98 Å². The zero-order valence-corrected chi connectivity index (χ0v) is 24.4. The van der Waals surface area contributed by atoms with Crippen LogP contribution in [0.3, 0.4) is 0 Å². The lowest BCUT2D eigenvalue weighted by Crippen LogP contribution is -2.30. The summed E-state index contributed by atoms with van der Waals surface area (Å²) in [6.45, 7) is 4.19. The molecule has 0 aliphatic rings. The van der Waals surface area contributed by atoms with Crippen molar-refractivity contribution in [3.8, 4) is 17.2 Å². The zero-order chi connectivity index (χ0) is 30.5. The van der Waals surface area contributed by atoms with Crippen LogP contribution in [0.25, 0.3) is 5.69 Å². The predicted octanol–water partition coefficient (Wildman–Crippen LogP) is 6.06. The number of hydrogen-bond acceptors (Lipinski definition) is 6. The molecule has 0 radical (unpaired) electrons. The first kappa shape index (κ1) is 29.5. The van der Waals surface area contributed by atoms with E-state index in [-0.39, 0.29) is 18.0 Å². The second-order valence-corrected chi connectivity index (χ2v) is 10.2. The molecular weight excluding hydrogens is 549 g/mol. The van der Waals surface area contributed by atoms with Crippen LogP contribution in [-0.2, 0) is 18.0 Å². The summed E-state index contributed by atoms with van der Waals surface area (Å²) in [6.07, 6.45) is 5.20. The number of nitrogens with zero attached hydrogens (tertiary/aromatic N) is 3. The van der Waals surface area contributed by atoms with Crippen LogP contribution in [0.4, 0.5) is 4.39 Å². The van der Waals surface area contributed by atoms with Gasteiger partial charge in [-0.15, -0.1) is 0 Å². The van der Waals surface area contributed by atoms with Gasteiger partial charge >= 0.3 is 0 Å². The van der Waals surface area contributed by atoms with Crippen molar-refractivity contribution in [3.63, 3.8) is 0 Å². The number of aromatic nitrogens is 3. The van der Waals surface area contributed by atoms with E-state index >= 15 is 0 Å². The summed E-state index contributed by atoms with van der Waals surface area (Å²) < 4.78 is 33.7. The highest BCUT2D eigenvalue weighted by molar-refractivity contribution is 6.09. The standard InChI is InChI=1S/C34H32FN3O5/c1-22-17-37(21-36-22)31-14-9-27(16-32(31)42-4)33(39)30-15-25(20-43-19-24-5-12-29(41-3)13-6-24)18-38(34(30)40)23(2)26-7-10-28(35)11-8-26/h5-18,21,23H,19-20H2,1-4H3/t23-/m0/s1. The van der Waals surface area contributed by atoms with Gasteiger partial charge in [-0.05, 0) is 79.1 Å². The Kier molecular flexibility index (Phi) is 8.82. The third kappa shape index (κ3) is 6.57. The number of carbonyl (C=O) groups excluding carboxylic acids is 1. The summed E-state index contributed by atoms with van der Waals surface area (Å²) in [5.41, 5.74) is 3.69. The second-order valence-electron chi connectivity index (χ2n) is 10.2. The number of methoxy groups -OCH3 is 2. The van der Waals surface area contributed by atoms with Gasteiger partial charge in [-0.25, -0.2) is 9.37 Å². The number of aryl methyl sites for hydroxylation is 1. The molecule has 0 fully saturated rings. The fourth-order valence-electron chi connectivity index (χ4n) is 4.84. The molecule has 0 amide bonds. The number of rotatable bonds is 11. The van der Waals surface area contributed by atoms with Crippen LogP contribution >= 0.6 is 0 Å². The highest BCUT2D eigenvalue weighted by Crippen LogP contribution is 2.26. The number of halogens is 1. The summed E-state index contributed by atoms with van der Waals surface area (Å²) in [4.78, 5) is 31.9. The maximum absolute atomic E-state index is 13.9. The van der Waals surface area contributed by atoms with Crippen molar-refractivity contribution in [2.24, 2.45) is 0 Å². The Morgan fingerprint density at radius 2 is 1.63 bits per heavy atom. The Morgan fingerprint density at radius 1 is 0.907 bits per heavy atom.